The average molecular weight is 347 g/mol. The summed E-state index contributed by atoms with van der Waals surface area (Å²) in [5.74, 6) is -0.0875. The van der Waals surface area contributed by atoms with Gasteiger partial charge in [0.2, 0.25) is 5.91 Å². The van der Waals surface area contributed by atoms with Crippen molar-refractivity contribution in [1.82, 2.24) is 10.3 Å². The minimum Gasteiger partial charge on any atom is -0.348 e. The number of rotatable bonds is 2. The predicted molar refractivity (Wildman–Crippen MR) is 96.5 cm³/mol. The largest absolute Gasteiger partial charge is 0.348 e. The molecule has 0 saturated heterocycles. The summed E-state index contributed by atoms with van der Waals surface area (Å²) in [6.45, 7) is 5.89. The van der Waals surface area contributed by atoms with Crippen LogP contribution >= 0.6 is 22.9 Å². The molecule has 0 unspecified atom stereocenters. The number of amides is 1. The molecule has 0 spiro atoms. The van der Waals surface area contributed by atoms with Gasteiger partial charge in [-0.15, -0.1) is 11.3 Å². The zero-order valence-electron chi connectivity index (χ0n) is 13.4. The maximum absolute atomic E-state index is 12.4. The summed E-state index contributed by atoms with van der Waals surface area (Å²) >= 11 is 8.16. The smallest absolute Gasteiger partial charge is 0.249 e. The zero-order chi connectivity index (χ0) is 16.6. The van der Waals surface area contributed by atoms with Gasteiger partial charge in [0.05, 0.1) is 21.3 Å². The summed E-state index contributed by atoms with van der Waals surface area (Å²) in [5.41, 5.74) is 3.18. The highest BCUT2D eigenvalue weighted by molar-refractivity contribution is 7.13. The minimum absolute atomic E-state index is 0.0875. The number of nitrogens with one attached hydrogen (secondary N) is 1. The van der Waals surface area contributed by atoms with E-state index in [1.54, 1.807) is 11.3 Å². The van der Waals surface area contributed by atoms with Crippen LogP contribution in [0.2, 0.25) is 0 Å². The van der Waals surface area contributed by atoms with Crippen LogP contribution in [-0.2, 0) is 11.2 Å². The van der Waals surface area contributed by atoms with Crippen molar-refractivity contribution >= 4 is 33.9 Å². The Hall–Kier alpha value is -1.65. The van der Waals surface area contributed by atoms with Crippen LogP contribution in [0.3, 0.4) is 0 Å². The lowest BCUT2D eigenvalue weighted by molar-refractivity contribution is -0.118. The Morgan fingerprint density at radius 2 is 2.04 bits per heavy atom. The van der Waals surface area contributed by atoms with Gasteiger partial charge >= 0.3 is 0 Å². The van der Waals surface area contributed by atoms with Crippen molar-refractivity contribution in [1.29, 1.82) is 0 Å². The van der Waals surface area contributed by atoms with E-state index in [9.17, 15) is 4.79 Å². The SMILES string of the molecule is CC(C)(C)NC(=O)C1=C(Cl)c2ccc(-c3cccs3)nc2CC1. The van der Waals surface area contributed by atoms with Gasteiger partial charge in [0.15, 0.2) is 0 Å². The maximum Gasteiger partial charge on any atom is 0.249 e. The number of carbonyl (C=O) groups is 1. The number of hydrogen-bond donors (Lipinski definition) is 1. The highest BCUT2D eigenvalue weighted by atomic mass is 35.5. The highest BCUT2D eigenvalue weighted by Crippen LogP contribution is 2.35. The molecular weight excluding hydrogens is 328 g/mol. The van der Waals surface area contributed by atoms with Crippen molar-refractivity contribution in [3.05, 3.63) is 46.5 Å². The molecule has 1 aliphatic carbocycles. The van der Waals surface area contributed by atoms with E-state index in [2.05, 4.69) is 11.4 Å². The Bertz CT molecular complexity index is 773. The highest BCUT2D eigenvalue weighted by Gasteiger charge is 2.26. The van der Waals surface area contributed by atoms with Crippen molar-refractivity contribution in [2.75, 3.05) is 0 Å². The van der Waals surface area contributed by atoms with Crippen LogP contribution in [0.1, 0.15) is 38.4 Å². The topological polar surface area (TPSA) is 42.0 Å². The van der Waals surface area contributed by atoms with Crippen molar-refractivity contribution in [3.63, 3.8) is 0 Å². The molecule has 1 amide bonds. The Balaban J connectivity index is 1.94. The molecule has 120 valence electrons. The van der Waals surface area contributed by atoms with Gasteiger partial charge in [0, 0.05) is 16.7 Å². The quantitative estimate of drug-likeness (QED) is 0.862. The predicted octanol–water partition coefficient (Wildman–Crippen LogP) is 4.62. The molecule has 3 nitrogen and oxygen atoms in total. The fourth-order valence-corrected chi connectivity index (χ4v) is 3.65. The lowest BCUT2D eigenvalue weighted by atomic mass is 9.94. The third-order valence-corrected chi connectivity index (χ3v) is 4.95. The molecule has 3 rings (SSSR count). The molecule has 1 aliphatic rings. The monoisotopic (exact) mass is 346 g/mol. The van der Waals surface area contributed by atoms with Crippen molar-refractivity contribution in [2.45, 2.75) is 39.2 Å². The number of fused-ring (bicyclic) bond motifs is 1. The van der Waals surface area contributed by atoms with Crippen molar-refractivity contribution in [2.24, 2.45) is 0 Å². The number of thiophene rings is 1. The van der Waals surface area contributed by atoms with Crippen LogP contribution in [0.15, 0.2) is 35.2 Å². The van der Waals surface area contributed by atoms with Crippen LogP contribution in [-0.4, -0.2) is 16.4 Å². The molecule has 0 aliphatic heterocycles. The summed E-state index contributed by atoms with van der Waals surface area (Å²) in [7, 11) is 0. The maximum atomic E-state index is 12.4. The zero-order valence-corrected chi connectivity index (χ0v) is 15.0. The number of pyridine rings is 1. The Labute approximate surface area is 145 Å². The summed E-state index contributed by atoms with van der Waals surface area (Å²) in [6.07, 6.45) is 1.35. The molecule has 5 heteroatoms. The molecule has 0 fully saturated rings. The van der Waals surface area contributed by atoms with Gasteiger partial charge in [-0.2, -0.15) is 0 Å². The van der Waals surface area contributed by atoms with Crippen LogP contribution < -0.4 is 5.32 Å². The second-order valence-corrected chi connectivity index (χ2v) is 7.99. The van der Waals surface area contributed by atoms with Gasteiger partial charge in [0.1, 0.15) is 0 Å². The van der Waals surface area contributed by atoms with E-state index in [0.29, 0.717) is 17.0 Å². The van der Waals surface area contributed by atoms with Crippen LogP contribution in [0.25, 0.3) is 15.6 Å². The van der Waals surface area contributed by atoms with Gasteiger partial charge in [-0.1, -0.05) is 17.7 Å². The minimum atomic E-state index is -0.275. The fraction of sp³-hybridized carbons (Fsp3) is 0.333. The lowest BCUT2D eigenvalue weighted by Crippen LogP contribution is -2.41. The molecule has 2 aromatic heterocycles. The second-order valence-electron chi connectivity index (χ2n) is 6.66. The number of nitrogens with zero attached hydrogens (tertiary/aromatic N) is 1. The third-order valence-electron chi connectivity index (χ3n) is 3.62. The lowest BCUT2D eigenvalue weighted by Gasteiger charge is -2.24. The van der Waals surface area contributed by atoms with E-state index in [4.69, 9.17) is 16.6 Å². The van der Waals surface area contributed by atoms with Gasteiger partial charge < -0.3 is 5.32 Å². The van der Waals surface area contributed by atoms with E-state index < -0.39 is 0 Å². The molecule has 2 aromatic rings. The first kappa shape index (κ1) is 16.2. The van der Waals surface area contributed by atoms with E-state index in [-0.39, 0.29) is 11.4 Å². The summed E-state index contributed by atoms with van der Waals surface area (Å²) in [4.78, 5) is 18.3. The molecular formula is C18H19ClN2OS. The first-order chi connectivity index (χ1) is 10.8. The van der Waals surface area contributed by atoms with E-state index in [1.807, 2.05) is 44.4 Å². The van der Waals surface area contributed by atoms with Crippen molar-refractivity contribution < 1.29 is 4.79 Å². The van der Waals surface area contributed by atoms with E-state index in [1.165, 1.54) is 0 Å². The Morgan fingerprint density at radius 1 is 1.26 bits per heavy atom. The normalized spacial score (nSPS) is 14.6. The standard InChI is InChI=1S/C18H19ClN2OS/c1-18(2,3)21-17(22)12-7-8-13-11(16(12)19)6-9-14(20-13)15-5-4-10-23-15/h4-6,9-10H,7-8H2,1-3H3,(H,21,22). The van der Waals surface area contributed by atoms with E-state index in [0.717, 1.165) is 28.2 Å². The third kappa shape index (κ3) is 3.48. The molecule has 0 saturated carbocycles. The molecule has 2 heterocycles. The van der Waals surface area contributed by atoms with Crippen LogP contribution in [0.4, 0.5) is 0 Å². The van der Waals surface area contributed by atoms with Gasteiger partial charge in [-0.3, -0.25) is 9.78 Å². The van der Waals surface area contributed by atoms with Gasteiger partial charge in [0.25, 0.3) is 0 Å². The first-order valence-electron chi connectivity index (χ1n) is 7.60. The number of aromatic nitrogens is 1. The molecule has 0 bridgehead atoms. The Morgan fingerprint density at radius 3 is 2.70 bits per heavy atom. The fourth-order valence-electron chi connectivity index (χ4n) is 2.60. The first-order valence-corrected chi connectivity index (χ1v) is 8.86. The molecule has 0 atom stereocenters. The molecule has 23 heavy (non-hydrogen) atoms. The summed E-state index contributed by atoms with van der Waals surface area (Å²) in [6, 6.07) is 8.02. The van der Waals surface area contributed by atoms with Crippen molar-refractivity contribution in [3.8, 4) is 10.6 Å². The molecule has 0 aromatic carbocycles. The average Bonchev–Trinajstić information content (AvgIpc) is 2.99. The van der Waals surface area contributed by atoms with Crippen LogP contribution in [0, 0.1) is 0 Å². The molecule has 1 N–H and O–H groups in total. The van der Waals surface area contributed by atoms with Gasteiger partial charge in [-0.25, -0.2) is 0 Å². The number of carbonyl (C=O) groups excluding carboxylic acids is 1. The van der Waals surface area contributed by atoms with Crippen LogP contribution in [0.5, 0.6) is 0 Å². The summed E-state index contributed by atoms with van der Waals surface area (Å²) in [5, 5.41) is 5.55. The number of hydrogen-bond acceptors (Lipinski definition) is 3. The Kier molecular flexibility index (Phi) is 4.30. The number of aryl methyl sites for hydroxylation is 1. The molecule has 0 radical (unpaired) electrons. The summed E-state index contributed by atoms with van der Waals surface area (Å²) < 4.78 is 0. The van der Waals surface area contributed by atoms with Gasteiger partial charge in [-0.05, 0) is 57.2 Å². The second kappa shape index (κ2) is 6.10. The van der Waals surface area contributed by atoms with E-state index >= 15 is 0 Å². The number of halogens is 1.